The van der Waals surface area contributed by atoms with Gasteiger partial charge in [0.2, 0.25) is 0 Å². The number of allylic oxidation sites excluding steroid dienone is 6. The van der Waals surface area contributed by atoms with Gasteiger partial charge in [-0.2, -0.15) is 15.2 Å². The Labute approximate surface area is 137 Å². The number of hydrogen-bond donors (Lipinski definition) is 3. The number of aliphatic imine (C=N–C) groups is 1. The second-order valence-corrected chi connectivity index (χ2v) is 5.22. The molecular weight excluding hydrogens is 309 g/mol. The second-order valence-electron chi connectivity index (χ2n) is 5.22. The highest BCUT2D eigenvalue weighted by molar-refractivity contribution is 5.97. The molecule has 8 heteroatoms. The summed E-state index contributed by atoms with van der Waals surface area (Å²) in [5.74, 6) is 13.2. The number of hydrogen-bond acceptors (Lipinski definition) is 5. The smallest absolute Gasteiger partial charge is 0.185 e. The van der Waals surface area contributed by atoms with Gasteiger partial charge in [-0.1, -0.05) is 12.2 Å². The van der Waals surface area contributed by atoms with Crippen LogP contribution in [-0.4, -0.2) is 21.5 Å². The molecule has 7 nitrogen and oxygen atoms in total. The summed E-state index contributed by atoms with van der Waals surface area (Å²) < 4.78 is 15.6. The maximum atomic E-state index is 14.0. The van der Waals surface area contributed by atoms with Crippen molar-refractivity contribution in [2.75, 3.05) is 0 Å². The SMILES string of the molecule is N/N=C(\NN)c1cc(C2=CC=C=C=N2)nn1CC1CC=CC=C1F. The molecule has 122 valence electrons. The first kappa shape index (κ1) is 15.7. The first-order valence-corrected chi connectivity index (χ1v) is 7.33. The number of rotatable bonds is 4. The molecule has 0 aromatic carbocycles. The van der Waals surface area contributed by atoms with Gasteiger partial charge in [-0.25, -0.2) is 10.2 Å². The van der Waals surface area contributed by atoms with Crippen LogP contribution in [0.5, 0.6) is 0 Å². The lowest BCUT2D eigenvalue weighted by Crippen LogP contribution is -2.34. The number of amidine groups is 1. The lowest BCUT2D eigenvalue weighted by molar-refractivity contribution is 0.392. The molecule has 5 N–H and O–H groups in total. The van der Waals surface area contributed by atoms with Crippen LogP contribution in [0.1, 0.15) is 17.8 Å². The fourth-order valence-corrected chi connectivity index (χ4v) is 2.50. The number of aromatic nitrogens is 2. The molecule has 1 aromatic rings. The van der Waals surface area contributed by atoms with Gasteiger partial charge >= 0.3 is 0 Å². The predicted octanol–water partition coefficient (Wildman–Crippen LogP) is 1.13. The highest BCUT2D eigenvalue weighted by Gasteiger charge is 2.21. The summed E-state index contributed by atoms with van der Waals surface area (Å²) >= 11 is 0. The first-order chi connectivity index (χ1) is 11.7. The zero-order valence-corrected chi connectivity index (χ0v) is 12.8. The molecular formula is C16H16FN7. The number of hydrazone groups is 1. The normalized spacial score (nSPS) is 19.4. The number of hydrazine groups is 1. The maximum Gasteiger partial charge on any atom is 0.185 e. The molecule has 0 bridgehead atoms. The summed E-state index contributed by atoms with van der Waals surface area (Å²) in [6.07, 6.45) is 9.12. The number of halogens is 1. The Morgan fingerprint density at radius 1 is 1.50 bits per heavy atom. The van der Waals surface area contributed by atoms with Crippen LogP contribution in [0.2, 0.25) is 0 Å². The fourth-order valence-electron chi connectivity index (χ4n) is 2.50. The van der Waals surface area contributed by atoms with E-state index in [1.165, 1.54) is 6.08 Å². The largest absolute Gasteiger partial charge is 0.321 e. The Balaban J connectivity index is 1.97. The Kier molecular flexibility index (Phi) is 4.54. The average molecular weight is 325 g/mol. The minimum absolute atomic E-state index is 0.187. The van der Waals surface area contributed by atoms with Gasteiger partial charge in [0.1, 0.15) is 22.9 Å². The predicted molar refractivity (Wildman–Crippen MR) is 90.2 cm³/mol. The summed E-state index contributed by atoms with van der Waals surface area (Å²) in [6.45, 7) is 0.325. The maximum absolute atomic E-state index is 14.0. The van der Waals surface area contributed by atoms with E-state index in [2.05, 4.69) is 32.2 Å². The van der Waals surface area contributed by atoms with Gasteiger partial charge in [0.05, 0.1) is 6.54 Å². The second kappa shape index (κ2) is 6.93. The minimum Gasteiger partial charge on any atom is -0.321 e. The Morgan fingerprint density at radius 2 is 2.38 bits per heavy atom. The van der Waals surface area contributed by atoms with Crippen molar-refractivity contribution in [1.29, 1.82) is 0 Å². The molecule has 1 aliphatic carbocycles. The van der Waals surface area contributed by atoms with Gasteiger partial charge in [0.15, 0.2) is 5.84 Å². The van der Waals surface area contributed by atoms with Gasteiger partial charge in [-0.15, -0.1) is 0 Å². The average Bonchev–Trinajstić information content (AvgIpc) is 3.03. The van der Waals surface area contributed by atoms with E-state index >= 15 is 0 Å². The minimum atomic E-state index is -0.304. The van der Waals surface area contributed by atoms with Crippen LogP contribution in [0.15, 0.2) is 58.1 Å². The van der Waals surface area contributed by atoms with Crippen molar-refractivity contribution in [2.45, 2.75) is 13.0 Å². The number of nitrogens with zero attached hydrogens (tertiary/aromatic N) is 4. The molecule has 1 aliphatic heterocycles. The van der Waals surface area contributed by atoms with Crippen molar-refractivity contribution in [3.05, 3.63) is 59.4 Å². The van der Waals surface area contributed by atoms with Crippen LogP contribution in [0.25, 0.3) is 5.70 Å². The fraction of sp³-hybridized carbons (Fsp3) is 0.188. The van der Waals surface area contributed by atoms with E-state index in [1.54, 1.807) is 29.0 Å². The topological polar surface area (TPSA) is 107 Å². The van der Waals surface area contributed by atoms with Gasteiger partial charge < -0.3 is 11.3 Å². The van der Waals surface area contributed by atoms with E-state index in [0.717, 1.165) is 0 Å². The molecule has 3 rings (SSSR count). The van der Waals surface area contributed by atoms with Crippen LogP contribution >= 0.6 is 0 Å². The van der Waals surface area contributed by atoms with Gasteiger partial charge in [0, 0.05) is 11.8 Å². The Morgan fingerprint density at radius 3 is 3.04 bits per heavy atom. The Hall–Kier alpha value is -3.18. The van der Waals surface area contributed by atoms with Crippen LogP contribution in [0.4, 0.5) is 4.39 Å². The zero-order valence-electron chi connectivity index (χ0n) is 12.8. The first-order valence-electron chi connectivity index (χ1n) is 7.33. The van der Waals surface area contributed by atoms with E-state index in [9.17, 15) is 4.39 Å². The van der Waals surface area contributed by atoms with Crippen LogP contribution in [-0.2, 0) is 6.54 Å². The molecule has 0 saturated heterocycles. The summed E-state index contributed by atoms with van der Waals surface area (Å²) in [6, 6.07) is 1.74. The van der Waals surface area contributed by atoms with Crippen molar-refractivity contribution in [2.24, 2.45) is 27.7 Å². The van der Waals surface area contributed by atoms with Crippen LogP contribution in [0, 0.1) is 5.92 Å². The van der Waals surface area contributed by atoms with Gasteiger partial charge in [-0.3, -0.25) is 4.68 Å². The third-order valence-electron chi connectivity index (χ3n) is 3.71. The molecule has 0 saturated carbocycles. The third kappa shape index (κ3) is 3.11. The number of nitrogens with two attached hydrogens (primary N) is 2. The Bertz CT molecular complexity index is 859. The molecule has 0 amide bonds. The summed E-state index contributed by atoms with van der Waals surface area (Å²) in [4.78, 5) is 4.10. The van der Waals surface area contributed by atoms with Crippen molar-refractivity contribution in [3.8, 4) is 0 Å². The summed E-state index contributed by atoms with van der Waals surface area (Å²) in [5, 5.41) is 8.12. The summed E-state index contributed by atoms with van der Waals surface area (Å²) in [5.41, 5.74) is 6.90. The van der Waals surface area contributed by atoms with Gasteiger partial charge in [0.25, 0.3) is 0 Å². The lowest BCUT2D eigenvalue weighted by Gasteiger charge is -2.17. The van der Waals surface area contributed by atoms with Crippen LogP contribution in [0.3, 0.4) is 0 Å². The number of nitrogens with one attached hydrogen (secondary N) is 1. The molecule has 0 spiro atoms. The van der Waals surface area contributed by atoms with E-state index in [0.29, 0.717) is 30.1 Å². The zero-order chi connectivity index (χ0) is 16.9. The van der Waals surface area contributed by atoms with Crippen molar-refractivity contribution < 1.29 is 4.39 Å². The molecule has 1 unspecified atom stereocenters. The van der Waals surface area contributed by atoms with Crippen molar-refractivity contribution in [1.82, 2.24) is 15.2 Å². The molecule has 24 heavy (non-hydrogen) atoms. The highest BCUT2D eigenvalue weighted by Crippen LogP contribution is 2.25. The van der Waals surface area contributed by atoms with E-state index < -0.39 is 0 Å². The lowest BCUT2D eigenvalue weighted by atomic mass is 9.99. The van der Waals surface area contributed by atoms with Crippen molar-refractivity contribution in [3.63, 3.8) is 0 Å². The quantitative estimate of drug-likeness (QED) is 0.254. The van der Waals surface area contributed by atoms with Crippen LogP contribution < -0.4 is 17.1 Å². The molecule has 2 aliphatic rings. The van der Waals surface area contributed by atoms with E-state index in [1.807, 2.05) is 6.08 Å². The third-order valence-corrected chi connectivity index (χ3v) is 3.71. The van der Waals surface area contributed by atoms with E-state index in [-0.39, 0.29) is 17.6 Å². The standard InChI is InChI=1S/C16H16FN7/c17-12-6-2-1-5-11(12)10-24-15(16(21-18)22-19)9-14(23-24)13-7-3-4-8-20-13/h1-3,6-7,9,11H,5,10,18-19H2,(H,21,22). The van der Waals surface area contributed by atoms with Gasteiger partial charge in [-0.05, 0) is 36.4 Å². The molecule has 2 heterocycles. The van der Waals surface area contributed by atoms with E-state index in [4.69, 9.17) is 11.7 Å². The summed E-state index contributed by atoms with van der Waals surface area (Å²) in [7, 11) is 0. The monoisotopic (exact) mass is 325 g/mol. The molecule has 1 atom stereocenters. The molecule has 0 radical (unpaired) electrons. The highest BCUT2D eigenvalue weighted by atomic mass is 19.1. The molecule has 0 fully saturated rings. The van der Waals surface area contributed by atoms with Crippen molar-refractivity contribution >= 4 is 17.4 Å². The molecule has 1 aromatic heterocycles.